The number of hydrogen-bond acceptors (Lipinski definition) is 4. The van der Waals surface area contributed by atoms with Crippen LogP contribution >= 0.6 is 27.5 Å². The van der Waals surface area contributed by atoms with Crippen molar-refractivity contribution in [3.05, 3.63) is 57.0 Å². The highest BCUT2D eigenvalue weighted by atomic mass is 79.9. The van der Waals surface area contributed by atoms with Gasteiger partial charge in [0.05, 0.1) is 23.4 Å². The molecule has 0 spiro atoms. The van der Waals surface area contributed by atoms with Crippen LogP contribution in [-0.2, 0) is 11.3 Å². The molecule has 6 heteroatoms. The number of nitrogens with two attached hydrogens (primary N) is 1. The van der Waals surface area contributed by atoms with Crippen LogP contribution in [0.5, 0.6) is 5.75 Å². The van der Waals surface area contributed by atoms with Crippen molar-refractivity contribution in [3.63, 3.8) is 0 Å². The first kappa shape index (κ1) is 15.7. The zero-order chi connectivity index (χ0) is 15.4. The van der Waals surface area contributed by atoms with Crippen molar-refractivity contribution in [2.24, 2.45) is 0 Å². The van der Waals surface area contributed by atoms with Crippen LogP contribution in [0.25, 0.3) is 0 Å². The molecule has 0 aliphatic rings. The molecule has 21 heavy (non-hydrogen) atoms. The second kappa shape index (κ2) is 6.83. The molecule has 0 unspecified atom stereocenters. The normalized spacial score (nSPS) is 10.2. The number of ether oxygens (including phenoxy) is 2. The summed E-state index contributed by atoms with van der Waals surface area (Å²) in [5, 5.41) is 0.201. The van der Waals surface area contributed by atoms with E-state index < -0.39 is 5.97 Å². The second-order valence-electron chi connectivity index (χ2n) is 4.24. The summed E-state index contributed by atoms with van der Waals surface area (Å²) in [6.07, 6.45) is 0. The van der Waals surface area contributed by atoms with Gasteiger partial charge in [-0.2, -0.15) is 0 Å². The predicted molar refractivity (Wildman–Crippen MR) is 85.7 cm³/mol. The van der Waals surface area contributed by atoms with E-state index in [1.165, 1.54) is 0 Å². The van der Waals surface area contributed by atoms with Crippen molar-refractivity contribution in [1.82, 2.24) is 0 Å². The Balaban J connectivity index is 2.13. The summed E-state index contributed by atoms with van der Waals surface area (Å²) in [5.74, 6) is 0.160. The lowest BCUT2D eigenvalue weighted by Crippen LogP contribution is -2.07. The van der Waals surface area contributed by atoms with Crippen LogP contribution in [0, 0.1) is 0 Å². The number of methoxy groups -OCH3 is 1. The van der Waals surface area contributed by atoms with E-state index in [4.69, 9.17) is 26.8 Å². The fourth-order valence-corrected chi connectivity index (χ4v) is 2.28. The third kappa shape index (κ3) is 3.68. The molecule has 0 heterocycles. The summed E-state index contributed by atoms with van der Waals surface area (Å²) < 4.78 is 11.2. The van der Waals surface area contributed by atoms with Crippen LogP contribution in [-0.4, -0.2) is 13.1 Å². The number of hydrogen-bond donors (Lipinski definition) is 1. The van der Waals surface area contributed by atoms with E-state index in [1.54, 1.807) is 31.4 Å². The Morgan fingerprint density at radius 3 is 2.81 bits per heavy atom. The average molecular weight is 371 g/mol. The van der Waals surface area contributed by atoms with Gasteiger partial charge in [0.2, 0.25) is 0 Å². The molecule has 0 bridgehead atoms. The average Bonchev–Trinajstić information content (AvgIpc) is 2.49. The maximum atomic E-state index is 12.0. The van der Waals surface area contributed by atoms with E-state index >= 15 is 0 Å². The summed E-state index contributed by atoms with van der Waals surface area (Å²) in [7, 11) is 1.57. The zero-order valence-electron chi connectivity index (χ0n) is 11.2. The Labute approximate surface area is 135 Å². The molecule has 0 radical (unpaired) electrons. The highest BCUT2D eigenvalue weighted by molar-refractivity contribution is 9.10. The molecule has 0 aliphatic carbocycles. The number of rotatable bonds is 4. The Morgan fingerprint density at radius 2 is 2.10 bits per heavy atom. The molecule has 110 valence electrons. The second-order valence-corrected chi connectivity index (χ2v) is 5.47. The third-order valence-electron chi connectivity index (χ3n) is 2.86. The lowest BCUT2D eigenvalue weighted by molar-refractivity contribution is 0.0472. The standard InChI is InChI=1S/C15H13BrClNO3/c1-20-10-5-6-12(16)9(7-10)8-21-15(19)11-3-2-4-13(18)14(11)17/h2-7H,8,18H2,1H3. The number of halogens is 2. The van der Waals surface area contributed by atoms with Crippen molar-refractivity contribution in [2.45, 2.75) is 6.61 Å². The number of esters is 1. The summed E-state index contributed by atoms with van der Waals surface area (Å²) >= 11 is 9.39. The molecule has 2 rings (SSSR count). The van der Waals surface area contributed by atoms with Crippen LogP contribution < -0.4 is 10.5 Å². The molecule has 0 saturated carbocycles. The minimum absolute atomic E-state index is 0.0990. The van der Waals surface area contributed by atoms with Crippen molar-refractivity contribution in [2.75, 3.05) is 12.8 Å². The van der Waals surface area contributed by atoms with Crippen LogP contribution in [0.15, 0.2) is 40.9 Å². The maximum Gasteiger partial charge on any atom is 0.340 e. The van der Waals surface area contributed by atoms with Gasteiger partial charge in [0.25, 0.3) is 0 Å². The summed E-state index contributed by atoms with van der Waals surface area (Å²) in [5.41, 5.74) is 7.05. The van der Waals surface area contributed by atoms with Crippen molar-refractivity contribution >= 4 is 39.2 Å². The van der Waals surface area contributed by atoms with Gasteiger partial charge in [-0.3, -0.25) is 0 Å². The van der Waals surface area contributed by atoms with Crippen LogP contribution in [0.4, 0.5) is 5.69 Å². The van der Waals surface area contributed by atoms with E-state index in [0.29, 0.717) is 11.4 Å². The van der Waals surface area contributed by atoms with Gasteiger partial charge in [0.1, 0.15) is 12.4 Å². The number of carbonyl (C=O) groups excluding carboxylic acids is 1. The Bertz CT molecular complexity index is 676. The van der Waals surface area contributed by atoms with Gasteiger partial charge in [-0.05, 0) is 30.3 Å². The fraction of sp³-hybridized carbons (Fsp3) is 0.133. The van der Waals surface area contributed by atoms with Crippen molar-refractivity contribution in [3.8, 4) is 5.75 Å². The van der Waals surface area contributed by atoms with Crippen LogP contribution in [0.2, 0.25) is 5.02 Å². The molecule has 4 nitrogen and oxygen atoms in total. The van der Waals surface area contributed by atoms with Gasteiger partial charge < -0.3 is 15.2 Å². The van der Waals surface area contributed by atoms with Gasteiger partial charge in [-0.1, -0.05) is 33.6 Å². The minimum atomic E-state index is -0.526. The molecule has 0 amide bonds. The molecular weight excluding hydrogens is 358 g/mol. The molecular formula is C15H13BrClNO3. The van der Waals surface area contributed by atoms with E-state index in [-0.39, 0.29) is 17.2 Å². The Kier molecular flexibility index (Phi) is 5.09. The largest absolute Gasteiger partial charge is 0.497 e. The van der Waals surface area contributed by atoms with Crippen LogP contribution in [0.1, 0.15) is 15.9 Å². The SMILES string of the molecule is COc1ccc(Br)c(COC(=O)c2cccc(N)c2Cl)c1. The van der Waals surface area contributed by atoms with E-state index in [9.17, 15) is 4.79 Å². The van der Waals surface area contributed by atoms with Gasteiger partial charge in [-0.25, -0.2) is 4.79 Å². The van der Waals surface area contributed by atoms with Gasteiger partial charge in [0, 0.05) is 10.0 Å². The van der Waals surface area contributed by atoms with Gasteiger partial charge in [-0.15, -0.1) is 0 Å². The van der Waals surface area contributed by atoms with Gasteiger partial charge >= 0.3 is 5.97 Å². The quantitative estimate of drug-likeness (QED) is 0.651. The summed E-state index contributed by atoms with van der Waals surface area (Å²) in [6, 6.07) is 10.3. The molecule has 0 atom stereocenters. The summed E-state index contributed by atoms with van der Waals surface area (Å²) in [6.45, 7) is 0.0990. The lowest BCUT2D eigenvalue weighted by Gasteiger charge is -2.10. The van der Waals surface area contributed by atoms with E-state index in [0.717, 1.165) is 10.0 Å². The van der Waals surface area contributed by atoms with E-state index in [1.807, 2.05) is 12.1 Å². The number of carbonyl (C=O) groups is 1. The molecule has 0 aliphatic heterocycles. The Morgan fingerprint density at radius 1 is 1.33 bits per heavy atom. The highest BCUT2D eigenvalue weighted by Gasteiger charge is 2.14. The van der Waals surface area contributed by atoms with Crippen LogP contribution in [0.3, 0.4) is 0 Å². The highest BCUT2D eigenvalue weighted by Crippen LogP contribution is 2.26. The third-order valence-corrected chi connectivity index (χ3v) is 4.06. The van der Waals surface area contributed by atoms with E-state index in [2.05, 4.69) is 15.9 Å². The topological polar surface area (TPSA) is 61.5 Å². The molecule has 2 aromatic carbocycles. The first-order valence-electron chi connectivity index (χ1n) is 6.06. The maximum absolute atomic E-state index is 12.0. The number of benzene rings is 2. The first-order valence-corrected chi connectivity index (χ1v) is 7.23. The monoisotopic (exact) mass is 369 g/mol. The zero-order valence-corrected chi connectivity index (χ0v) is 13.6. The molecule has 2 N–H and O–H groups in total. The van der Waals surface area contributed by atoms with Crippen molar-refractivity contribution < 1.29 is 14.3 Å². The number of anilines is 1. The van der Waals surface area contributed by atoms with Gasteiger partial charge in [0.15, 0.2) is 0 Å². The minimum Gasteiger partial charge on any atom is -0.497 e. The molecule has 0 fully saturated rings. The first-order chi connectivity index (χ1) is 10.0. The summed E-state index contributed by atoms with van der Waals surface area (Å²) in [4.78, 5) is 12.0. The fourth-order valence-electron chi connectivity index (χ4n) is 1.72. The lowest BCUT2D eigenvalue weighted by atomic mass is 10.2. The predicted octanol–water partition coefficient (Wildman–Crippen LogP) is 4.05. The molecule has 0 saturated heterocycles. The van der Waals surface area contributed by atoms with Crippen molar-refractivity contribution in [1.29, 1.82) is 0 Å². The number of nitrogen functional groups attached to an aromatic ring is 1. The molecule has 2 aromatic rings. The smallest absolute Gasteiger partial charge is 0.340 e. The molecule has 0 aromatic heterocycles. The Hall–Kier alpha value is -1.72.